The van der Waals surface area contributed by atoms with E-state index in [9.17, 15) is 4.79 Å². The monoisotopic (exact) mass is 301 g/mol. The zero-order valence-electron chi connectivity index (χ0n) is 13.4. The fourth-order valence-corrected chi connectivity index (χ4v) is 2.62. The van der Waals surface area contributed by atoms with E-state index >= 15 is 0 Å². The lowest BCUT2D eigenvalue weighted by Gasteiger charge is -2.10. The van der Waals surface area contributed by atoms with Crippen LogP contribution in [0.2, 0.25) is 0 Å². The predicted molar refractivity (Wildman–Crippen MR) is 93.6 cm³/mol. The Morgan fingerprint density at radius 2 is 1.65 bits per heavy atom. The van der Waals surface area contributed by atoms with E-state index in [0.29, 0.717) is 6.42 Å². The number of hydrogen-bond acceptors (Lipinski definition) is 2. The van der Waals surface area contributed by atoms with Crippen molar-refractivity contribution in [3.63, 3.8) is 0 Å². The number of carbonyl (C=O) groups is 1. The average Bonchev–Trinajstić information content (AvgIpc) is 2.58. The van der Waals surface area contributed by atoms with Gasteiger partial charge in [-0.2, -0.15) is 0 Å². The molecule has 0 saturated carbocycles. The molecule has 0 saturated heterocycles. The molecule has 0 spiro atoms. The summed E-state index contributed by atoms with van der Waals surface area (Å²) in [6.07, 6.45) is 2.17. The van der Waals surface area contributed by atoms with Crippen molar-refractivity contribution < 1.29 is 4.79 Å². The zero-order chi connectivity index (χ0) is 16.2. The number of aryl methyl sites for hydroxylation is 2. The van der Waals surface area contributed by atoms with Crippen molar-refractivity contribution in [1.82, 2.24) is 4.98 Å². The van der Waals surface area contributed by atoms with Gasteiger partial charge in [0.05, 0.1) is 5.69 Å². The van der Waals surface area contributed by atoms with E-state index in [1.54, 1.807) is 6.20 Å². The third kappa shape index (κ3) is 3.54. The Bertz CT molecular complexity index is 820. The molecule has 23 heavy (non-hydrogen) atoms. The Balaban J connectivity index is 1.94. The van der Waals surface area contributed by atoms with E-state index in [1.165, 1.54) is 0 Å². The maximum absolute atomic E-state index is 12.6. The van der Waals surface area contributed by atoms with Gasteiger partial charge in [0.15, 0.2) is 5.78 Å². The fraction of sp³-hybridized carbons (Fsp3) is 0.143. The normalized spacial score (nSPS) is 10.5. The summed E-state index contributed by atoms with van der Waals surface area (Å²) in [5, 5.41) is 0. The standard InChI is InChI=1S/C21H19NO/c1-15-6-9-17(10-7-15)21(23)14-18-11-8-16(2)13-19(18)20-5-3-4-12-22-20/h3-13H,14H2,1-2H3. The van der Waals surface area contributed by atoms with Gasteiger partial charge < -0.3 is 0 Å². The minimum atomic E-state index is 0.131. The van der Waals surface area contributed by atoms with Crippen LogP contribution in [0.1, 0.15) is 27.0 Å². The van der Waals surface area contributed by atoms with Crippen molar-refractivity contribution in [3.8, 4) is 11.3 Å². The van der Waals surface area contributed by atoms with Gasteiger partial charge in [-0.25, -0.2) is 0 Å². The Morgan fingerprint density at radius 1 is 0.913 bits per heavy atom. The van der Waals surface area contributed by atoms with Gasteiger partial charge in [0, 0.05) is 23.7 Å². The second-order valence-electron chi connectivity index (χ2n) is 5.84. The van der Waals surface area contributed by atoms with Crippen molar-refractivity contribution in [2.24, 2.45) is 0 Å². The molecule has 3 rings (SSSR count). The van der Waals surface area contributed by atoms with Crippen LogP contribution in [-0.2, 0) is 6.42 Å². The summed E-state index contributed by atoms with van der Waals surface area (Å²) >= 11 is 0. The number of ketones is 1. The second kappa shape index (κ2) is 6.57. The first kappa shape index (κ1) is 15.2. The van der Waals surface area contributed by atoms with Gasteiger partial charge in [-0.05, 0) is 37.6 Å². The topological polar surface area (TPSA) is 30.0 Å². The van der Waals surface area contributed by atoms with Crippen molar-refractivity contribution >= 4 is 5.78 Å². The molecule has 0 aliphatic rings. The number of aromatic nitrogens is 1. The summed E-state index contributed by atoms with van der Waals surface area (Å²) in [4.78, 5) is 17.0. The molecule has 0 aliphatic carbocycles. The van der Waals surface area contributed by atoms with Crippen LogP contribution < -0.4 is 0 Å². The van der Waals surface area contributed by atoms with Crippen molar-refractivity contribution in [3.05, 3.63) is 89.1 Å². The quantitative estimate of drug-likeness (QED) is 0.648. The van der Waals surface area contributed by atoms with Gasteiger partial charge in [-0.3, -0.25) is 9.78 Å². The largest absolute Gasteiger partial charge is 0.294 e. The highest BCUT2D eigenvalue weighted by atomic mass is 16.1. The summed E-state index contributed by atoms with van der Waals surface area (Å²) < 4.78 is 0. The second-order valence-corrected chi connectivity index (χ2v) is 5.84. The van der Waals surface area contributed by atoms with Crippen molar-refractivity contribution in [2.45, 2.75) is 20.3 Å². The predicted octanol–water partition coefficient (Wildman–Crippen LogP) is 4.79. The van der Waals surface area contributed by atoms with E-state index in [0.717, 1.165) is 33.5 Å². The lowest BCUT2D eigenvalue weighted by Crippen LogP contribution is -2.05. The van der Waals surface area contributed by atoms with Gasteiger partial charge in [-0.15, -0.1) is 0 Å². The molecule has 2 nitrogen and oxygen atoms in total. The molecule has 1 aromatic heterocycles. The van der Waals surface area contributed by atoms with Crippen LogP contribution in [0.25, 0.3) is 11.3 Å². The van der Waals surface area contributed by atoms with Crippen LogP contribution >= 0.6 is 0 Å². The molecule has 0 bridgehead atoms. The van der Waals surface area contributed by atoms with E-state index in [1.807, 2.05) is 61.5 Å². The molecule has 0 aliphatic heterocycles. The first-order valence-electron chi connectivity index (χ1n) is 7.74. The molecule has 3 aromatic rings. The van der Waals surface area contributed by atoms with Gasteiger partial charge in [0.1, 0.15) is 0 Å². The molecule has 2 aromatic carbocycles. The highest BCUT2D eigenvalue weighted by molar-refractivity contribution is 5.98. The van der Waals surface area contributed by atoms with Crippen LogP contribution in [-0.4, -0.2) is 10.8 Å². The number of nitrogens with zero attached hydrogens (tertiary/aromatic N) is 1. The SMILES string of the molecule is Cc1ccc(C(=O)Cc2ccc(C)cc2-c2ccccn2)cc1. The Hall–Kier alpha value is -2.74. The van der Waals surface area contributed by atoms with E-state index < -0.39 is 0 Å². The summed E-state index contributed by atoms with van der Waals surface area (Å²) in [7, 11) is 0. The summed E-state index contributed by atoms with van der Waals surface area (Å²) in [6, 6.07) is 19.8. The fourth-order valence-electron chi connectivity index (χ4n) is 2.62. The summed E-state index contributed by atoms with van der Waals surface area (Å²) in [6.45, 7) is 4.07. The van der Waals surface area contributed by atoms with E-state index in [2.05, 4.69) is 18.0 Å². The molecule has 0 unspecified atom stereocenters. The number of pyridine rings is 1. The van der Waals surface area contributed by atoms with Gasteiger partial charge in [-0.1, -0.05) is 53.6 Å². The zero-order valence-corrected chi connectivity index (χ0v) is 13.4. The summed E-state index contributed by atoms with van der Waals surface area (Å²) in [5.74, 6) is 0.131. The number of benzene rings is 2. The molecule has 114 valence electrons. The first-order valence-corrected chi connectivity index (χ1v) is 7.74. The maximum atomic E-state index is 12.6. The van der Waals surface area contributed by atoms with Crippen LogP contribution in [0.4, 0.5) is 0 Å². The molecule has 0 radical (unpaired) electrons. The minimum absolute atomic E-state index is 0.131. The molecular formula is C21H19NO. The van der Waals surface area contributed by atoms with Crippen LogP contribution in [0, 0.1) is 13.8 Å². The summed E-state index contributed by atoms with van der Waals surface area (Å²) in [5.41, 5.74) is 6.03. The number of rotatable bonds is 4. The third-order valence-corrected chi connectivity index (χ3v) is 3.93. The molecule has 0 atom stereocenters. The van der Waals surface area contributed by atoms with Crippen LogP contribution in [0.3, 0.4) is 0 Å². The molecule has 0 amide bonds. The molecule has 1 heterocycles. The van der Waals surface area contributed by atoms with E-state index in [4.69, 9.17) is 0 Å². The van der Waals surface area contributed by atoms with Crippen LogP contribution in [0.15, 0.2) is 66.9 Å². The maximum Gasteiger partial charge on any atom is 0.167 e. The highest BCUT2D eigenvalue weighted by Gasteiger charge is 2.12. The Labute approximate surface area is 136 Å². The van der Waals surface area contributed by atoms with Crippen molar-refractivity contribution in [2.75, 3.05) is 0 Å². The van der Waals surface area contributed by atoms with Crippen LogP contribution in [0.5, 0.6) is 0 Å². The number of Topliss-reactive ketones (excluding diaryl/α,β-unsaturated/α-hetero) is 1. The van der Waals surface area contributed by atoms with Gasteiger partial charge in [0.2, 0.25) is 0 Å². The minimum Gasteiger partial charge on any atom is -0.294 e. The van der Waals surface area contributed by atoms with E-state index in [-0.39, 0.29) is 5.78 Å². The van der Waals surface area contributed by atoms with Gasteiger partial charge in [0.25, 0.3) is 0 Å². The number of hydrogen-bond donors (Lipinski definition) is 0. The first-order chi connectivity index (χ1) is 11.1. The third-order valence-electron chi connectivity index (χ3n) is 3.93. The average molecular weight is 301 g/mol. The molecule has 2 heteroatoms. The molecule has 0 N–H and O–H groups in total. The highest BCUT2D eigenvalue weighted by Crippen LogP contribution is 2.24. The Kier molecular flexibility index (Phi) is 4.33. The van der Waals surface area contributed by atoms with Crippen molar-refractivity contribution in [1.29, 1.82) is 0 Å². The molecule has 0 fully saturated rings. The lowest BCUT2D eigenvalue weighted by atomic mass is 9.95. The van der Waals surface area contributed by atoms with Gasteiger partial charge >= 0.3 is 0 Å². The Morgan fingerprint density at radius 3 is 2.35 bits per heavy atom. The lowest BCUT2D eigenvalue weighted by molar-refractivity contribution is 0.0993. The smallest absolute Gasteiger partial charge is 0.167 e. The molecular weight excluding hydrogens is 282 g/mol. The number of carbonyl (C=O) groups excluding carboxylic acids is 1.